The quantitative estimate of drug-likeness (QED) is 0.504. The number of hydrogen-bond acceptors (Lipinski definition) is 2. The summed E-state index contributed by atoms with van der Waals surface area (Å²) in [6.07, 6.45) is 2.96. The van der Waals surface area contributed by atoms with Crippen LogP contribution in [0.4, 0.5) is 0 Å². The highest BCUT2D eigenvalue weighted by atomic mass is 14.8. The highest BCUT2D eigenvalue weighted by Gasteiger charge is 1.67. The molecule has 0 aliphatic heterocycles. The zero-order valence-corrected chi connectivity index (χ0v) is 8.83. The second-order valence-electron chi connectivity index (χ2n) is 1.25. The predicted molar refractivity (Wildman–Crippen MR) is 58.7 cm³/mol. The van der Waals surface area contributed by atoms with Gasteiger partial charge in [0.15, 0.2) is 0 Å². The van der Waals surface area contributed by atoms with E-state index in [4.69, 9.17) is 5.73 Å². The summed E-state index contributed by atoms with van der Waals surface area (Å²) in [6, 6.07) is 0. The van der Waals surface area contributed by atoms with E-state index in [1.165, 1.54) is 12.4 Å². The Hall–Kier alpha value is -1.12. The maximum atomic E-state index is 5.17. The van der Waals surface area contributed by atoms with Crippen molar-refractivity contribution in [2.75, 3.05) is 0 Å². The summed E-state index contributed by atoms with van der Waals surface area (Å²) < 4.78 is 0. The van der Waals surface area contributed by atoms with Crippen molar-refractivity contribution in [3.05, 3.63) is 12.4 Å². The van der Waals surface area contributed by atoms with Crippen LogP contribution in [-0.2, 0) is 0 Å². The summed E-state index contributed by atoms with van der Waals surface area (Å²) >= 11 is 0. The second kappa shape index (κ2) is 22.5. The number of nitrogens with two attached hydrogens (primary N) is 1. The van der Waals surface area contributed by atoms with Crippen LogP contribution >= 0.6 is 0 Å². The molecule has 0 rings (SSSR count). The van der Waals surface area contributed by atoms with Crippen molar-refractivity contribution in [3.8, 4) is 0 Å². The van der Waals surface area contributed by atoms with Gasteiger partial charge in [0.05, 0.1) is 5.84 Å². The molecule has 3 nitrogen and oxygen atoms in total. The summed E-state index contributed by atoms with van der Waals surface area (Å²) in [4.78, 5) is 7.11. The second-order valence-corrected chi connectivity index (χ2v) is 1.25. The van der Waals surface area contributed by atoms with E-state index >= 15 is 0 Å². The van der Waals surface area contributed by atoms with E-state index < -0.39 is 0 Å². The van der Waals surface area contributed by atoms with Crippen LogP contribution in [-0.4, -0.2) is 12.6 Å². The normalized spacial score (nSPS) is 9.25. The number of amidine groups is 1. The fraction of sp³-hybridized carbons (Fsp3) is 0.556. The molecular weight excluding hydrogens is 150 g/mol. The van der Waals surface area contributed by atoms with Gasteiger partial charge >= 0.3 is 0 Å². The highest BCUT2D eigenvalue weighted by molar-refractivity contribution is 5.77. The molecule has 0 atom stereocenters. The lowest BCUT2D eigenvalue weighted by Gasteiger charge is -1.79. The molecule has 0 bridgehead atoms. The fourth-order valence-electron chi connectivity index (χ4n) is 0.198. The lowest BCUT2D eigenvalue weighted by Crippen LogP contribution is -2.03. The third-order valence-electron chi connectivity index (χ3n) is 0.450. The summed E-state index contributed by atoms with van der Waals surface area (Å²) in [7, 11) is 0. The van der Waals surface area contributed by atoms with Crippen LogP contribution in [0.3, 0.4) is 0 Å². The maximum absolute atomic E-state index is 5.17. The van der Waals surface area contributed by atoms with Crippen molar-refractivity contribution in [1.82, 2.24) is 0 Å². The van der Waals surface area contributed by atoms with Gasteiger partial charge in [0.2, 0.25) is 0 Å². The van der Waals surface area contributed by atoms with Crippen molar-refractivity contribution in [3.63, 3.8) is 0 Å². The van der Waals surface area contributed by atoms with E-state index in [9.17, 15) is 0 Å². The van der Waals surface area contributed by atoms with E-state index in [2.05, 4.69) is 16.7 Å². The Balaban J connectivity index is -0.000000175. The molecule has 12 heavy (non-hydrogen) atoms. The van der Waals surface area contributed by atoms with Gasteiger partial charge in [0, 0.05) is 12.4 Å². The van der Waals surface area contributed by atoms with Crippen molar-refractivity contribution in [2.45, 2.75) is 34.6 Å². The van der Waals surface area contributed by atoms with Crippen LogP contribution < -0.4 is 5.73 Å². The van der Waals surface area contributed by atoms with Gasteiger partial charge in [-0.25, -0.2) is 4.99 Å². The maximum Gasteiger partial charge on any atom is 0.0958 e. The summed E-state index contributed by atoms with van der Waals surface area (Å²) in [5, 5.41) is 0. The third-order valence-corrected chi connectivity index (χ3v) is 0.450. The van der Waals surface area contributed by atoms with E-state index in [1.807, 2.05) is 27.7 Å². The molecule has 0 saturated heterocycles. The first-order valence-corrected chi connectivity index (χ1v) is 4.18. The van der Waals surface area contributed by atoms with Gasteiger partial charge in [-0.1, -0.05) is 27.7 Å². The van der Waals surface area contributed by atoms with Crippen LogP contribution in [0.25, 0.3) is 0 Å². The van der Waals surface area contributed by atoms with Gasteiger partial charge < -0.3 is 5.73 Å². The van der Waals surface area contributed by atoms with Crippen molar-refractivity contribution in [1.29, 1.82) is 0 Å². The largest absolute Gasteiger partial charge is 0.387 e. The molecule has 72 valence electrons. The Kier molecular flexibility index (Phi) is 32.1. The summed E-state index contributed by atoms with van der Waals surface area (Å²) in [5.41, 5.74) is 5.17. The minimum Gasteiger partial charge on any atom is -0.387 e. The lowest BCUT2D eigenvalue weighted by molar-refractivity contribution is 1.43. The molecule has 0 aliphatic rings. The van der Waals surface area contributed by atoms with Gasteiger partial charge in [0.25, 0.3) is 0 Å². The molecule has 3 heteroatoms. The molecular formula is C9H21N3. The Morgan fingerprint density at radius 3 is 1.83 bits per heavy atom. The molecule has 0 aromatic rings. The molecule has 0 spiro atoms. The average Bonchev–Trinajstić information content (AvgIpc) is 2.12. The van der Waals surface area contributed by atoms with Crippen molar-refractivity contribution < 1.29 is 0 Å². The molecule has 0 radical (unpaired) electrons. The van der Waals surface area contributed by atoms with E-state index in [0.29, 0.717) is 5.84 Å². The van der Waals surface area contributed by atoms with Crippen LogP contribution in [0.2, 0.25) is 0 Å². The number of aliphatic imine (C=N–C) groups is 2. The Bertz CT molecular complexity index is 122. The number of nitrogens with zero attached hydrogens (tertiary/aromatic N) is 2. The lowest BCUT2D eigenvalue weighted by atomic mass is 10.7. The topological polar surface area (TPSA) is 50.7 Å². The summed E-state index contributed by atoms with van der Waals surface area (Å²) in [5.74, 6) is 0.518. The first-order valence-electron chi connectivity index (χ1n) is 4.18. The fourth-order valence-corrected chi connectivity index (χ4v) is 0.198. The van der Waals surface area contributed by atoms with Gasteiger partial charge in [-0.05, 0) is 13.6 Å². The van der Waals surface area contributed by atoms with Gasteiger partial charge in [-0.3, -0.25) is 4.99 Å². The minimum absolute atomic E-state index is 0.518. The number of hydrogen-bond donors (Lipinski definition) is 1. The zero-order chi connectivity index (χ0) is 10.4. The molecule has 2 N–H and O–H groups in total. The molecule has 0 saturated carbocycles. The SMILES string of the molecule is C=N/C=C\N=C(C)N.CC.CC. The molecule has 0 amide bonds. The smallest absolute Gasteiger partial charge is 0.0958 e. The third kappa shape index (κ3) is 36.6. The van der Waals surface area contributed by atoms with Crippen LogP contribution in [0, 0.1) is 0 Å². The van der Waals surface area contributed by atoms with Crippen molar-refractivity contribution >= 4 is 12.6 Å². The summed E-state index contributed by atoms with van der Waals surface area (Å²) in [6.45, 7) is 12.9. The first-order chi connectivity index (χ1) is 5.77. The van der Waals surface area contributed by atoms with Gasteiger partial charge in [0.1, 0.15) is 0 Å². The minimum atomic E-state index is 0.518. The van der Waals surface area contributed by atoms with Gasteiger partial charge in [-0.15, -0.1) is 0 Å². The highest BCUT2D eigenvalue weighted by Crippen LogP contribution is 1.73. The molecule has 0 unspecified atom stereocenters. The average molecular weight is 171 g/mol. The Labute approximate surface area is 76.1 Å². The van der Waals surface area contributed by atoms with E-state index in [1.54, 1.807) is 6.92 Å². The standard InChI is InChI=1S/C5H9N3.2C2H6/c1-5(6)8-4-3-7-2;2*1-2/h3-4H,2H2,1H3,(H2,6,8);2*1-2H3/b4-3-;;. The van der Waals surface area contributed by atoms with E-state index in [0.717, 1.165) is 0 Å². The number of rotatable bonds is 2. The molecule has 0 aromatic carbocycles. The van der Waals surface area contributed by atoms with E-state index in [-0.39, 0.29) is 0 Å². The predicted octanol–water partition coefficient (Wildman–Crippen LogP) is 2.59. The molecule has 0 aromatic heterocycles. The van der Waals surface area contributed by atoms with Crippen LogP contribution in [0.5, 0.6) is 0 Å². The van der Waals surface area contributed by atoms with Crippen LogP contribution in [0.15, 0.2) is 22.4 Å². The van der Waals surface area contributed by atoms with Crippen molar-refractivity contribution in [2.24, 2.45) is 15.7 Å². The Morgan fingerprint density at radius 2 is 1.58 bits per heavy atom. The molecule has 0 fully saturated rings. The van der Waals surface area contributed by atoms with Crippen LogP contribution in [0.1, 0.15) is 34.6 Å². The van der Waals surface area contributed by atoms with Gasteiger partial charge in [-0.2, -0.15) is 0 Å². The first kappa shape index (κ1) is 17.1. The Morgan fingerprint density at radius 1 is 1.17 bits per heavy atom. The molecule has 0 heterocycles. The zero-order valence-electron chi connectivity index (χ0n) is 8.83. The monoisotopic (exact) mass is 171 g/mol. The molecule has 0 aliphatic carbocycles.